The molecular formula is C17H20FN3O. The summed E-state index contributed by atoms with van der Waals surface area (Å²) in [5.41, 5.74) is 0.808. The van der Waals surface area contributed by atoms with Gasteiger partial charge in [0.1, 0.15) is 11.9 Å². The van der Waals surface area contributed by atoms with Crippen LogP contribution in [0.15, 0.2) is 24.3 Å². The molecule has 0 N–H and O–H groups in total. The number of halogens is 1. The highest BCUT2D eigenvalue weighted by Crippen LogP contribution is 2.29. The smallest absolute Gasteiger partial charge is 0.225 e. The lowest BCUT2D eigenvalue weighted by Gasteiger charge is -2.39. The maximum Gasteiger partial charge on any atom is 0.225 e. The van der Waals surface area contributed by atoms with Crippen LogP contribution < -0.4 is 0 Å². The molecule has 1 aliphatic carbocycles. The van der Waals surface area contributed by atoms with Crippen LogP contribution in [-0.4, -0.2) is 41.9 Å². The van der Waals surface area contributed by atoms with Gasteiger partial charge >= 0.3 is 0 Å². The van der Waals surface area contributed by atoms with Gasteiger partial charge in [-0.3, -0.25) is 9.69 Å². The largest absolute Gasteiger partial charge is 0.340 e. The summed E-state index contributed by atoms with van der Waals surface area (Å²) < 4.78 is 13.0. The summed E-state index contributed by atoms with van der Waals surface area (Å²) in [5, 5.41) is 9.45. The molecule has 5 heteroatoms. The van der Waals surface area contributed by atoms with Gasteiger partial charge < -0.3 is 4.90 Å². The van der Waals surface area contributed by atoms with E-state index in [2.05, 4.69) is 11.0 Å². The molecule has 3 rings (SSSR count). The minimum absolute atomic E-state index is 0.232. The fraction of sp³-hybridized carbons (Fsp3) is 0.529. The van der Waals surface area contributed by atoms with Crippen LogP contribution in [0.5, 0.6) is 0 Å². The van der Waals surface area contributed by atoms with Crippen LogP contribution in [0.1, 0.15) is 30.9 Å². The zero-order valence-electron chi connectivity index (χ0n) is 12.5. The topological polar surface area (TPSA) is 47.3 Å². The predicted octanol–water partition coefficient (Wildman–Crippen LogP) is 2.33. The summed E-state index contributed by atoms with van der Waals surface area (Å²) in [6, 6.07) is 8.02. The Kier molecular flexibility index (Phi) is 4.39. The molecule has 4 nitrogen and oxygen atoms in total. The number of hydrogen-bond donors (Lipinski definition) is 0. The average Bonchev–Trinajstić information content (AvgIpc) is 2.49. The normalized spacial score (nSPS) is 21.0. The van der Waals surface area contributed by atoms with Crippen LogP contribution in [0.4, 0.5) is 4.39 Å². The predicted molar refractivity (Wildman–Crippen MR) is 80.2 cm³/mol. The highest BCUT2D eigenvalue weighted by atomic mass is 19.1. The number of piperazine rings is 1. The lowest BCUT2D eigenvalue weighted by Crippen LogP contribution is -2.51. The summed E-state index contributed by atoms with van der Waals surface area (Å²) in [6.45, 7) is 2.73. The van der Waals surface area contributed by atoms with Crippen molar-refractivity contribution in [3.8, 4) is 6.07 Å². The first kappa shape index (κ1) is 15.0. The third kappa shape index (κ3) is 2.97. The summed E-state index contributed by atoms with van der Waals surface area (Å²) in [5.74, 6) is 0.216. The van der Waals surface area contributed by atoms with Crippen molar-refractivity contribution in [2.75, 3.05) is 26.2 Å². The number of carbonyl (C=O) groups excluding carboxylic acids is 1. The van der Waals surface area contributed by atoms with Crippen LogP contribution in [0.3, 0.4) is 0 Å². The molecule has 2 aliphatic rings. The third-order valence-corrected chi connectivity index (χ3v) is 4.75. The number of nitriles is 1. The van der Waals surface area contributed by atoms with E-state index in [1.807, 2.05) is 4.90 Å². The van der Waals surface area contributed by atoms with Gasteiger partial charge in [-0.15, -0.1) is 0 Å². The van der Waals surface area contributed by atoms with Gasteiger partial charge in [-0.25, -0.2) is 4.39 Å². The van der Waals surface area contributed by atoms with Gasteiger partial charge in [-0.2, -0.15) is 5.26 Å². The van der Waals surface area contributed by atoms with Gasteiger partial charge in [0.05, 0.1) is 6.07 Å². The minimum Gasteiger partial charge on any atom is -0.340 e. The van der Waals surface area contributed by atoms with E-state index in [1.165, 1.54) is 12.1 Å². The molecule has 1 aromatic rings. The molecule has 1 heterocycles. The Morgan fingerprint density at radius 1 is 1.18 bits per heavy atom. The van der Waals surface area contributed by atoms with Crippen molar-refractivity contribution in [1.29, 1.82) is 5.26 Å². The lowest BCUT2D eigenvalue weighted by atomic mass is 9.84. The van der Waals surface area contributed by atoms with Gasteiger partial charge in [0, 0.05) is 32.1 Å². The molecule has 116 valence electrons. The molecule has 0 spiro atoms. The maximum atomic E-state index is 13.0. The minimum atomic E-state index is -0.374. The molecule has 0 aromatic heterocycles. The number of rotatable bonds is 3. The first-order valence-corrected chi connectivity index (χ1v) is 7.87. The van der Waals surface area contributed by atoms with Crippen LogP contribution in [0.2, 0.25) is 0 Å². The molecule has 1 aliphatic heterocycles. The molecule has 1 aromatic carbocycles. The van der Waals surface area contributed by atoms with E-state index in [-0.39, 0.29) is 23.7 Å². The Morgan fingerprint density at radius 3 is 2.32 bits per heavy atom. The van der Waals surface area contributed by atoms with Gasteiger partial charge in [-0.1, -0.05) is 18.6 Å². The zero-order chi connectivity index (χ0) is 15.5. The Morgan fingerprint density at radius 2 is 1.82 bits per heavy atom. The second-order valence-corrected chi connectivity index (χ2v) is 6.07. The van der Waals surface area contributed by atoms with Crippen molar-refractivity contribution in [3.05, 3.63) is 35.6 Å². The Hall–Kier alpha value is -1.93. The van der Waals surface area contributed by atoms with E-state index in [9.17, 15) is 14.4 Å². The number of nitrogens with zero attached hydrogens (tertiary/aromatic N) is 3. The number of benzene rings is 1. The molecule has 1 saturated heterocycles. The van der Waals surface area contributed by atoms with Crippen LogP contribution >= 0.6 is 0 Å². The standard InChI is InChI=1S/C17H20FN3O/c18-15-6-4-13(5-7-15)16(12-19)20-8-10-21(11-9-20)17(22)14-2-1-3-14/h4-7,14,16H,1-3,8-11H2. The molecule has 1 unspecified atom stereocenters. The maximum absolute atomic E-state index is 13.0. The molecule has 1 atom stereocenters. The second kappa shape index (κ2) is 6.45. The quantitative estimate of drug-likeness (QED) is 0.861. The number of carbonyl (C=O) groups is 1. The first-order valence-electron chi connectivity index (χ1n) is 7.87. The third-order valence-electron chi connectivity index (χ3n) is 4.75. The highest BCUT2D eigenvalue weighted by molar-refractivity contribution is 5.79. The van der Waals surface area contributed by atoms with E-state index in [4.69, 9.17) is 0 Å². The van der Waals surface area contributed by atoms with Crippen molar-refractivity contribution >= 4 is 5.91 Å². The molecular weight excluding hydrogens is 281 g/mol. The second-order valence-electron chi connectivity index (χ2n) is 6.07. The van der Waals surface area contributed by atoms with Crippen molar-refractivity contribution in [2.45, 2.75) is 25.3 Å². The van der Waals surface area contributed by atoms with Crippen molar-refractivity contribution < 1.29 is 9.18 Å². The Bertz CT molecular complexity index is 569. The fourth-order valence-corrected chi connectivity index (χ4v) is 3.13. The summed E-state index contributed by atoms with van der Waals surface area (Å²) in [7, 11) is 0. The number of hydrogen-bond acceptors (Lipinski definition) is 3. The van der Waals surface area contributed by atoms with E-state index >= 15 is 0 Å². The van der Waals surface area contributed by atoms with E-state index < -0.39 is 0 Å². The monoisotopic (exact) mass is 301 g/mol. The fourth-order valence-electron chi connectivity index (χ4n) is 3.13. The lowest BCUT2D eigenvalue weighted by molar-refractivity contribution is -0.140. The van der Waals surface area contributed by atoms with Gasteiger partial charge in [-0.05, 0) is 30.5 Å². The first-order chi connectivity index (χ1) is 10.7. The van der Waals surface area contributed by atoms with E-state index in [0.717, 1.165) is 24.8 Å². The van der Waals surface area contributed by atoms with Crippen molar-refractivity contribution in [1.82, 2.24) is 9.80 Å². The van der Waals surface area contributed by atoms with Crippen molar-refractivity contribution in [3.63, 3.8) is 0 Å². The summed E-state index contributed by atoms with van der Waals surface area (Å²) >= 11 is 0. The van der Waals surface area contributed by atoms with Crippen molar-refractivity contribution in [2.24, 2.45) is 5.92 Å². The SMILES string of the molecule is N#CC(c1ccc(F)cc1)N1CCN(C(=O)C2CCC2)CC1. The molecule has 0 radical (unpaired) electrons. The summed E-state index contributed by atoms with van der Waals surface area (Å²) in [4.78, 5) is 16.2. The van der Waals surface area contributed by atoms with Crippen LogP contribution in [0, 0.1) is 23.1 Å². The van der Waals surface area contributed by atoms with Gasteiger partial charge in [0.15, 0.2) is 0 Å². The molecule has 1 amide bonds. The van der Waals surface area contributed by atoms with Gasteiger partial charge in [0.25, 0.3) is 0 Å². The molecule has 2 fully saturated rings. The molecule has 22 heavy (non-hydrogen) atoms. The van der Waals surface area contributed by atoms with Crippen LogP contribution in [0.25, 0.3) is 0 Å². The average molecular weight is 301 g/mol. The van der Waals surface area contributed by atoms with E-state index in [1.54, 1.807) is 12.1 Å². The Labute approximate surface area is 130 Å². The van der Waals surface area contributed by atoms with Gasteiger partial charge in [0.2, 0.25) is 5.91 Å². The van der Waals surface area contributed by atoms with E-state index in [0.29, 0.717) is 26.2 Å². The molecule has 0 bridgehead atoms. The summed E-state index contributed by atoms with van der Waals surface area (Å²) in [6.07, 6.45) is 3.21. The Balaban J connectivity index is 1.60. The number of amides is 1. The zero-order valence-corrected chi connectivity index (χ0v) is 12.5. The highest BCUT2D eigenvalue weighted by Gasteiger charge is 2.32. The van der Waals surface area contributed by atoms with Crippen LogP contribution in [-0.2, 0) is 4.79 Å². The molecule has 1 saturated carbocycles.